The number of hydrogen-bond donors (Lipinski definition) is 1. The van der Waals surface area contributed by atoms with E-state index in [2.05, 4.69) is 41.6 Å². The van der Waals surface area contributed by atoms with Crippen molar-refractivity contribution in [2.45, 2.75) is 23.5 Å². The molecule has 30 heavy (non-hydrogen) atoms. The second kappa shape index (κ2) is 7.96. The molecule has 3 aromatic heterocycles. The van der Waals surface area contributed by atoms with Gasteiger partial charge < -0.3 is 19.8 Å². The summed E-state index contributed by atoms with van der Waals surface area (Å²) in [5.74, 6) is 1.90. The summed E-state index contributed by atoms with van der Waals surface area (Å²) in [5.41, 5.74) is 7.65. The average Bonchev–Trinajstić information content (AvgIpc) is 3.39. The summed E-state index contributed by atoms with van der Waals surface area (Å²) in [6.07, 6.45) is 5.78. The number of halogens is 1. The summed E-state index contributed by atoms with van der Waals surface area (Å²) >= 11 is 5.34. The van der Waals surface area contributed by atoms with Gasteiger partial charge in [-0.05, 0) is 53.0 Å². The highest BCUT2D eigenvalue weighted by Gasteiger charge is 2.28. The molecular formula is C21H20BrN5O2S. The van der Waals surface area contributed by atoms with Crippen LogP contribution >= 0.6 is 27.7 Å². The number of methoxy groups -OCH3 is 1. The smallest absolute Gasteiger partial charge is 0.225 e. The Labute approximate surface area is 186 Å². The molecular weight excluding hydrogens is 466 g/mol. The van der Waals surface area contributed by atoms with Crippen molar-refractivity contribution in [1.82, 2.24) is 19.5 Å². The Morgan fingerprint density at radius 1 is 1.23 bits per heavy atom. The maximum absolute atomic E-state index is 6.09. The van der Waals surface area contributed by atoms with Crippen molar-refractivity contribution in [3.8, 4) is 11.6 Å². The fourth-order valence-corrected chi connectivity index (χ4v) is 5.54. The minimum atomic E-state index is 0.325. The van der Waals surface area contributed by atoms with E-state index >= 15 is 0 Å². The van der Waals surface area contributed by atoms with Crippen LogP contribution in [-0.4, -0.2) is 38.5 Å². The number of benzene rings is 1. The van der Waals surface area contributed by atoms with Gasteiger partial charge in [-0.25, -0.2) is 15.0 Å². The van der Waals surface area contributed by atoms with Gasteiger partial charge >= 0.3 is 0 Å². The lowest BCUT2D eigenvalue weighted by Gasteiger charge is -2.15. The second-order valence-electron chi connectivity index (χ2n) is 7.15. The Morgan fingerprint density at radius 3 is 3.00 bits per heavy atom. The predicted molar refractivity (Wildman–Crippen MR) is 123 cm³/mol. The fourth-order valence-electron chi connectivity index (χ4n) is 3.77. The Morgan fingerprint density at radius 2 is 2.13 bits per heavy atom. The highest BCUT2D eigenvalue weighted by molar-refractivity contribution is 9.10. The molecule has 0 unspecified atom stereocenters. The van der Waals surface area contributed by atoms with E-state index in [1.54, 1.807) is 13.4 Å². The van der Waals surface area contributed by atoms with E-state index in [-0.39, 0.29) is 0 Å². The van der Waals surface area contributed by atoms with Gasteiger partial charge in [0.2, 0.25) is 5.88 Å². The molecule has 4 aromatic rings. The topological polar surface area (TPSA) is 88.1 Å². The first-order chi connectivity index (χ1) is 14.6. The van der Waals surface area contributed by atoms with Gasteiger partial charge in [-0.3, -0.25) is 0 Å². The molecule has 9 heteroatoms. The van der Waals surface area contributed by atoms with E-state index in [4.69, 9.17) is 15.2 Å². The fraction of sp³-hybridized carbons (Fsp3) is 0.286. The van der Waals surface area contributed by atoms with Crippen LogP contribution < -0.4 is 15.2 Å². The molecule has 0 saturated carbocycles. The van der Waals surface area contributed by atoms with Gasteiger partial charge in [0.1, 0.15) is 30.1 Å². The lowest BCUT2D eigenvalue weighted by Crippen LogP contribution is -2.11. The largest absolute Gasteiger partial charge is 0.492 e. The second-order valence-corrected chi connectivity index (χ2v) is 9.49. The number of nitrogens with zero attached hydrogens (tertiary/aromatic N) is 4. The van der Waals surface area contributed by atoms with Crippen LogP contribution in [0.4, 0.5) is 5.82 Å². The normalized spacial score (nSPS) is 18.9. The number of aromatic nitrogens is 4. The number of thioether (sulfide) groups is 1. The summed E-state index contributed by atoms with van der Waals surface area (Å²) in [4.78, 5) is 13.1. The predicted octanol–water partition coefficient (Wildman–Crippen LogP) is 4.81. The maximum atomic E-state index is 6.09. The number of nitrogens with two attached hydrogens (primary N) is 1. The molecule has 1 aliphatic rings. The van der Waals surface area contributed by atoms with Crippen LogP contribution in [0.25, 0.3) is 21.9 Å². The molecule has 7 nitrogen and oxygen atoms in total. The third-order valence-electron chi connectivity index (χ3n) is 5.27. The average molecular weight is 486 g/mol. The van der Waals surface area contributed by atoms with E-state index in [0.29, 0.717) is 28.9 Å². The Bertz CT molecular complexity index is 1230. The summed E-state index contributed by atoms with van der Waals surface area (Å²) in [6, 6.07) is 9.92. The molecule has 1 fully saturated rings. The number of pyridine rings is 1. The molecule has 4 heterocycles. The Hall–Kier alpha value is -2.52. The van der Waals surface area contributed by atoms with Crippen molar-refractivity contribution in [1.29, 1.82) is 0 Å². The molecule has 1 aromatic carbocycles. The van der Waals surface area contributed by atoms with Crippen molar-refractivity contribution in [2.24, 2.45) is 0 Å². The third-order valence-corrected chi connectivity index (χ3v) is 7.44. The maximum Gasteiger partial charge on any atom is 0.225 e. The van der Waals surface area contributed by atoms with Crippen molar-refractivity contribution >= 4 is 55.4 Å². The standard InChI is InChI=1S/C21H20BrN5O2S/c1-28-21-15-6-7-27(20(15)24-11-25-21)18-5-4-14(30-18)10-29-13-3-2-12-8-16(22)19(23)26-17(12)9-13/h2-3,6-9,11,14,18H,4-5,10H2,1H3,(H2,23,26)/t14-,18-/m1/s1. The number of nitrogen functional groups attached to an aromatic ring is 1. The molecule has 5 rings (SSSR count). The zero-order valence-corrected chi connectivity index (χ0v) is 18.7. The molecule has 2 atom stereocenters. The van der Waals surface area contributed by atoms with Gasteiger partial charge in [-0.2, -0.15) is 0 Å². The van der Waals surface area contributed by atoms with Gasteiger partial charge in [0.05, 0.1) is 27.9 Å². The van der Waals surface area contributed by atoms with Crippen LogP contribution in [0.3, 0.4) is 0 Å². The first-order valence-electron chi connectivity index (χ1n) is 9.62. The van der Waals surface area contributed by atoms with Crippen LogP contribution in [0.1, 0.15) is 18.2 Å². The lowest BCUT2D eigenvalue weighted by atomic mass is 10.2. The monoisotopic (exact) mass is 485 g/mol. The minimum absolute atomic E-state index is 0.325. The SMILES string of the molecule is COc1ncnc2c1ccn2[C@H]1CC[C@H](COc2ccc3cc(Br)c(N)nc3c2)S1. The number of hydrogen-bond acceptors (Lipinski definition) is 7. The van der Waals surface area contributed by atoms with Gasteiger partial charge in [-0.15, -0.1) is 11.8 Å². The van der Waals surface area contributed by atoms with Crippen molar-refractivity contribution < 1.29 is 9.47 Å². The zero-order valence-electron chi connectivity index (χ0n) is 16.3. The summed E-state index contributed by atoms with van der Waals surface area (Å²) in [7, 11) is 1.63. The van der Waals surface area contributed by atoms with E-state index in [9.17, 15) is 0 Å². The first-order valence-corrected chi connectivity index (χ1v) is 11.4. The molecule has 2 N–H and O–H groups in total. The van der Waals surface area contributed by atoms with Crippen LogP contribution in [0.5, 0.6) is 11.6 Å². The van der Waals surface area contributed by atoms with Crippen LogP contribution in [-0.2, 0) is 0 Å². The number of anilines is 1. The van der Waals surface area contributed by atoms with Gasteiger partial charge in [0, 0.05) is 22.9 Å². The summed E-state index contributed by atoms with van der Waals surface area (Å²) < 4.78 is 14.5. The lowest BCUT2D eigenvalue weighted by molar-refractivity contribution is 0.314. The van der Waals surface area contributed by atoms with Crippen LogP contribution in [0, 0.1) is 0 Å². The van der Waals surface area contributed by atoms with E-state index in [1.165, 1.54) is 0 Å². The van der Waals surface area contributed by atoms with Crippen molar-refractivity contribution in [3.05, 3.63) is 47.3 Å². The first kappa shape index (κ1) is 19.4. The highest BCUT2D eigenvalue weighted by atomic mass is 79.9. The van der Waals surface area contributed by atoms with Gasteiger partial charge in [0.25, 0.3) is 0 Å². The van der Waals surface area contributed by atoms with Crippen LogP contribution in [0.2, 0.25) is 0 Å². The molecule has 0 radical (unpaired) electrons. The molecule has 1 aliphatic heterocycles. The van der Waals surface area contributed by atoms with Crippen LogP contribution in [0.15, 0.2) is 47.3 Å². The molecule has 154 valence electrons. The minimum Gasteiger partial charge on any atom is -0.492 e. The quantitative estimate of drug-likeness (QED) is 0.433. The summed E-state index contributed by atoms with van der Waals surface area (Å²) in [5, 5.41) is 2.70. The molecule has 0 aliphatic carbocycles. The molecule has 0 amide bonds. The van der Waals surface area contributed by atoms with E-state index in [0.717, 1.165) is 45.0 Å². The Balaban J connectivity index is 1.27. The molecule has 0 bridgehead atoms. The van der Waals surface area contributed by atoms with E-state index < -0.39 is 0 Å². The van der Waals surface area contributed by atoms with Gasteiger partial charge in [-0.1, -0.05) is 0 Å². The highest BCUT2D eigenvalue weighted by Crippen LogP contribution is 2.43. The number of ether oxygens (including phenoxy) is 2. The molecule has 0 spiro atoms. The van der Waals surface area contributed by atoms with E-state index in [1.807, 2.05) is 42.1 Å². The summed E-state index contributed by atoms with van der Waals surface area (Å²) in [6.45, 7) is 0.649. The van der Waals surface area contributed by atoms with Crippen molar-refractivity contribution in [3.63, 3.8) is 0 Å². The van der Waals surface area contributed by atoms with Gasteiger partial charge in [0.15, 0.2) is 0 Å². The molecule has 1 saturated heterocycles. The number of rotatable bonds is 5. The Kier molecular flexibility index (Phi) is 5.16. The zero-order chi connectivity index (χ0) is 20.7. The number of fused-ring (bicyclic) bond motifs is 2. The van der Waals surface area contributed by atoms with Crippen molar-refractivity contribution in [2.75, 3.05) is 19.5 Å². The third kappa shape index (κ3) is 3.56.